The van der Waals surface area contributed by atoms with Crippen molar-refractivity contribution in [3.63, 3.8) is 0 Å². The predicted octanol–water partition coefficient (Wildman–Crippen LogP) is 1.26. The zero-order valence-electron chi connectivity index (χ0n) is 11.5. The van der Waals surface area contributed by atoms with Gasteiger partial charge in [-0.3, -0.25) is 9.59 Å². The number of carbonyl (C=O) groups is 2. The van der Waals surface area contributed by atoms with Gasteiger partial charge in [-0.15, -0.1) is 0 Å². The minimum absolute atomic E-state index is 0.00826. The maximum absolute atomic E-state index is 11.8. The highest BCUT2D eigenvalue weighted by Crippen LogP contribution is 2.24. The zero-order valence-corrected chi connectivity index (χ0v) is 11.5. The van der Waals surface area contributed by atoms with E-state index in [0.717, 1.165) is 6.54 Å². The number of carbonyl (C=O) groups excluding carboxylic acids is 2. The number of hydrogen-bond acceptors (Lipinski definition) is 2. The molecule has 4 nitrogen and oxygen atoms in total. The van der Waals surface area contributed by atoms with Gasteiger partial charge in [-0.1, -0.05) is 27.7 Å². The van der Waals surface area contributed by atoms with Crippen LogP contribution in [0.15, 0.2) is 0 Å². The molecule has 0 aromatic rings. The van der Waals surface area contributed by atoms with E-state index < -0.39 is 0 Å². The first-order valence-corrected chi connectivity index (χ1v) is 6.37. The number of nitrogens with zero attached hydrogens (tertiary/aromatic N) is 1. The van der Waals surface area contributed by atoms with Gasteiger partial charge in [0, 0.05) is 37.9 Å². The summed E-state index contributed by atoms with van der Waals surface area (Å²) >= 11 is 0. The van der Waals surface area contributed by atoms with Gasteiger partial charge in [0.05, 0.1) is 0 Å². The zero-order chi connectivity index (χ0) is 13.2. The van der Waals surface area contributed by atoms with Crippen LogP contribution in [0.4, 0.5) is 0 Å². The standard InChI is InChI=1S/C13H24N2O2/c1-8(2)12(14-13(17)9(3)4)10-6-11(16)15(5)7-10/h8-10,12H,6-7H2,1-5H3,(H,14,17)/t10-,12+/m1/s1. The summed E-state index contributed by atoms with van der Waals surface area (Å²) in [7, 11) is 1.82. The van der Waals surface area contributed by atoms with Gasteiger partial charge >= 0.3 is 0 Å². The molecule has 0 saturated carbocycles. The van der Waals surface area contributed by atoms with E-state index in [-0.39, 0.29) is 29.7 Å². The van der Waals surface area contributed by atoms with Gasteiger partial charge in [-0.05, 0) is 5.92 Å². The Kier molecular flexibility index (Phi) is 4.54. The van der Waals surface area contributed by atoms with Crippen molar-refractivity contribution in [2.75, 3.05) is 13.6 Å². The van der Waals surface area contributed by atoms with E-state index in [1.807, 2.05) is 20.9 Å². The smallest absolute Gasteiger partial charge is 0.222 e. The molecular formula is C13H24N2O2. The maximum Gasteiger partial charge on any atom is 0.222 e. The second kappa shape index (κ2) is 5.52. The van der Waals surface area contributed by atoms with Crippen LogP contribution in [-0.2, 0) is 9.59 Å². The molecule has 1 aliphatic rings. The summed E-state index contributed by atoms with van der Waals surface area (Å²) in [6.07, 6.45) is 0.553. The summed E-state index contributed by atoms with van der Waals surface area (Å²) in [6, 6.07) is 0.0961. The molecule has 0 aliphatic carbocycles. The molecule has 0 aromatic heterocycles. The van der Waals surface area contributed by atoms with E-state index >= 15 is 0 Å². The third-order valence-corrected chi connectivity index (χ3v) is 3.43. The van der Waals surface area contributed by atoms with Crippen LogP contribution in [0.25, 0.3) is 0 Å². The summed E-state index contributed by atoms with van der Waals surface area (Å²) < 4.78 is 0. The van der Waals surface area contributed by atoms with Crippen LogP contribution >= 0.6 is 0 Å². The Hall–Kier alpha value is -1.06. The van der Waals surface area contributed by atoms with Gasteiger partial charge in [0.1, 0.15) is 0 Å². The monoisotopic (exact) mass is 240 g/mol. The Morgan fingerprint density at radius 1 is 1.35 bits per heavy atom. The molecule has 1 saturated heterocycles. The lowest BCUT2D eigenvalue weighted by molar-refractivity contribution is -0.127. The molecule has 0 aromatic carbocycles. The van der Waals surface area contributed by atoms with Gasteiger partial charge < -0.3 is 10.2 Å². The summed E-state index contributed by atoms with van der Waals surface area (Å²) in [5.74, 6) is 0.841. The first kappa shape index (κ1) is 14.0. The fourth-order valence-electron chi connectivity index (χ4n) is 2.30. The molecule has 1 N–H and O–H groups in total. The van der Waals surface area contributed by atoms with E-state index in [1.54, 1.807) is 4.90 Å². The van der Waals surface area contributed by atoms with Crippen molar-refractivity contribution in [1.82, 2.24) is 10.2 Å². The SMILES string of the molecule is CC(C)C(=O)N[C@@H](C(C)C)[C@@H]1CC(=O)N(C)C1. The van der Waals surface area contributed by atoms with Crippen LogP contribution < -0.4 is 5.32 Å². The molecule has 4 heteroatoms. The molecule has 98 valence electrons. The molecule has 1 fully saturated rings. The molecule has 0 radical (unpaired) electrons. The third kappa shape index (κ3) is 3.45. The molecule has 17 heavy (non-hydrogen) atoms. The van der Waals surface area contributed by atoms with Crippen LogP contribution in [-0.4, -0.2) is 36.3 Å². The molecule has 0 bridgehead atoms. The molecule has 2 amide bonds. The lowest BCUT2D eigenvalue weighted by atomic mass is 9.89. The Bertz CT molecular complexity index is 300. The minimum Gasteiger partial charge on any atom is -0.353 e. The van der Waals surface area contributed by atoms with Crippen molar-refractivity contribution in [2.24, 2.45) is 17.8 Å². The third-order valence-electron chi connectivity index (χ3n) is 3.43. The van der Waals surface area contributed by atoms with Gasteiger partial charge in [0.2, 0.25) is 11.8 Å². The lowest BCUT2D eigenvalue weighted by Crippen LogP contribution is -2.46. The quantitative estimate of drug-likeness (QED) is 0.804. The van der Waals surface area contributed by atoms with E-state index in [1.165, 1.54) is 0 Å². The number of hydrogen-bond donors (Lipinski definition) is 1. The topological polar surface area (TPSA) is 49.4 Å². The first-order valence-electron chi connectivity index (χ1n) is 6.37. The second-order valence-electron chi connectivity index (χ2n) is 5.67. The summed E-state index contributed by atoms with van der Waals surface area (Å²) in [4.78, 5) is 25.1. The summed E-state index contributed by atoms with van der Waals surface area (Å²) in [6.45, 7) is 8.71. The highest BCUT2D eigenvalue weighted by Gasteiger charge is 2.35. The first-order chi connectivity index (χ1) is 7.82. The van der Waals surface area contributed by atoms with Crippen LogP contribution in [0.1, 0.15) is 34.1 Å². The van der Waals surface area contributed by atoms with Gasteiger partial charge in [-0.2, -0.15) is 0 Å². The number of amides is 2. The maximum atomic E-state index is 11.8. The largest absolute Gasteiger partial charge is 0.353 e. The van der Waals surface area contributed by atoms with Crippen LogP contribution in [0.5, 0.6) is 0 Å². The molecule has 0 unspecified atom stereocenters. The van der Waals surface area contributed by atoms with E-state index in [4.69, 9.17) is 0 Å². The lowest BCUT2D eigenvalue weighted by Gasteiger charge is -2.28. The highest BCUT2D eigenvalue weighted by atomic mass is 16.2. The van der Waals surface area contributed by atoms with E-state index in [2.05, 4.69) is 19.2 Å². The highest BCUT2D eigenvalue weighted by molar-refractivity contribution is 5.80. The predicted molar refractivity (Wildman–Crippen MR) is 67.4 cm³/mol. The van der Waals surface area contributed by atoms with Crippen molar-refractivity contribution >= 4 is 11.8 Å². The Morgan fingerprint density at radius 2 is 1.94 bits per heavy atom. The Labute approximate surface area is 104 Å². The molecule has 0 spiro atoms. The summed E-state index contributed by atoms with van der Waals surface area (Å²) in [5.41, 5.74) is 0. The number of nitrogens with one attached hydrogen (secondary N) is 1. The molecule has 1 aliphatic heterocycles. The molecular weight excluding hydrogens is 216 g/mol. The fourth-order valence-corrected chi connectivity index (χ4v) is 2.30. The summed E-state index contributed by atoms with van der Waals surface area (Å²) in [5, 5.41) is 3.08. The van der Waals surface area contributed by atoms with Crippen LogP contribution in [0.2, 0.25) is 0 Å². The average Bonchev–Trinajstić information content (AvgIpc) is 2.54. The minimum atomic E-state index is -0.00826. The van der Waals surface area contributed by atoms with E-state index in [9.17, 15) is 9.59 Å². The Morgan fingerprint density at radius 3 is 2.29 bits per heavy atom. The van der Waals surface area contributed by atoms with Gasteiger partial charge in [0.15, 0.2) is 0 Å². The van der Waals surface area contributed by atoms with Crippen molar-refractivity contribution in [1.29, 1.82) is 0 Å². The van der Waals surface area contributed by atoms with Crippen LogP contribution in [0.3, 0.4) is 0 Å². The second-order valence-corrected chi connectivity index (χ2v) is 5.67. The fraction of sp³-hybridized carbons (Fsp3) is 0.846. The van der Waals surface area contributed by atoms with Crippen molar-refractivity contribution < 1.29 is 9.59 Å². The normalized spacial score (nSPS) is 22.4. The average molecular weight is 240 g/mol. The van der Waals surface area contributed by atoms with Crippen LogP contribution in [0, 0.1) is 17.8 Å². The molecule has 2 atom stereocenters. The molecule has 1 heterocycles. The van der Waals surface area contributed by atoms with E-state index in [0.29, 0.717) is 12.3 Å². The Balaban J connectivity index is 2.67. The van der Waals surface area contributed by atoms with Gasteiger partial charge in [-0.25, -0.2) is 0 Å². The van der Waals surface area contributed by atoms with Crippen molar-refractivity contribution in [3.8, 4) is 0 Å². The van der Waals surface area contributed by atoms with Gasteiger partial charge in [0.25, 0.3) is 0 Å². The van der Waals surface area contributed by atoms with Crippen molar-refractivity contribution in [2.45, 2.75) is 40.2 Å². The number of rotatable bonds is 4. The van der Waals surface area contributed by atoms with Crippen molar-refractivity contribution in [3.05, 3.63) is 0 Å². The number of likely N-dealkylation sites (tertiary alicyclic amines) is 1. The molecule has 1 rings (SSSR count).